The van der Waals surface area contributed by atoms with E-state index in [1.54, 1.807) is 24.7 Å². The maximum absolute atomic E-state index is 14.2. The van der Waals surface area contributed by atoms with Crippen LogP contribution in [0.3, 0.4) is 0 Å². The summed E-state index contributed by atoms with van der Waals surface area (Å²) in [5.74, 6) is -0.0533. The number of rotatable bonds is 4. The minimum Gasteiger partial charge on any atom is -0.359 e. The quantitative estimate of drug-likeness (QED) is 0.558. The van der Waals surface area contributed by atoms with Crippen molar-refractivity contribution in [3.05, 3.63) is 65.6 Å². The van der Waals surface area contributed by atoms with Crippen molar-refractivity contribution >= 4 is 28.5 Å². The van der Waals surface area contributed by atoms with Crippen molar-refractivity contribution in [2.45, 2.75) is 13.0 Å². The first-order valence-corrected chi connectivity index (χ1v) is 8.32. The third-order valence-electron chi connectivity index (χ3n) is 3.97. The normalized spacial score (nSPS) is 12.3. The molecule has 0 aliphatic carbocycles. The van der Waals surface area contributed by atoms with Crippen LogP contribution in [0.4, 0.5) is 10.2 Å². The Kier molecular flexibility index (Phi) is 4.22. The molecule has 26 heavy (non-hydrogen) atoms. The molecule has 0 amide bonds. The molecule has 0 saturated heterocycles. The number of pyridine rings is 2. The Morgan fingerprint density at radius 2 is 2.08 bits per heavy atom. The third kappa shape index (κ3) is 3.09. The maximum atomic E-state index is 14.2. The number of nitrogens with one attached hydrogen (secondary N) is 2. The number of hydrogen-bond acceptors (Lipinski definition) is 5. The SMILES string of the molecule is CC(Nc1nc(-c2c[nH]c3ncc(Cl)cc23)ncc1F)c1ccccn1. The van der Waals surface area contributed by atoms with Crippen LogP contribution < -0.4 is 5.32 Å². The van der Waals surface area contributed by atoms with Crippen LogP contribution in [0.1, 0.15) is 18.7 Å². The lowest BCUT2D eigenvalue weighted by Gasteiger charge is -2.14. The molecule has 0 saturated carbocycles. The Labute approximate surface area is 153 Å². The summed E-state index contributed by atoms with van der Waals surface area (Å²) in [5, 5.41) is 4.32. The molecular weight excluding hydrogens is 355 g/mol. The van der Waals surface area contributed by atoms with Crippen molar-refractivity contribution in [3.8, 4) is 11.4 Å². The summed E-state index contributed by atoms with van der Waals surface area (Å²) in [6.45, 7) is 1.89. The van der Waals surface area contributed by atoms with Crippen LogP contribution in [-0.4, -0.2) is 24.9 Å². The number of H-pyrrole nitrogens is 1. The van der Waals surface area contributed by atoms with E-state index in [4.69, 9.17) is 11.6 Å². The summed E-state index contributed by atoms with van der Waals surface area (Å²) in [4.78, 5) is 20.0. The Hall–Kier alpha value is -3.06. The number of hydrogen-bond donors (Lipinski definition) is 2. The highest BCUT2D eigenvalue weighted by molar-refractivity contribution is 6.31. The fraction of sp³-hybridized carbons (Fsp3) is 0.111. The standard InChI is InChI=1S/C18H14ClFN6/c1-10(15-4-2-3-5-21-15)25-18-14(20)9-24-17(26-18)13-8-23-16-12(13)6-11(19)7-22-16/h2-10H,1H3,(H,22,23)(H,24,25,26). The molecule has 0 spiro atoms. The first-order chi connectivity index (χ1) is 12.6. The largest absolute Gasteiger partial charge is 0.359 e. The Bertz CT molecular complexity index is 1070. The van der Waals surface area contributed by atoms with Gasteiger partial charge in [-0.15, -0.1) is 0 Å². The highest BCUT2D eigenvalue weighted by Gasteiger charge is 2.15. The lowest BCUT2D eigenvalue weighted by molar-refractivity contribution is 0.613. The van der Waals surface area contributed by atoms with Crippen molar-refractivity contribution in [1.82, 2.24) is 24.9 Å². The molecule has 1 atom stereocenters. The summed E-state index contributed by atoms with van der Waals surface area (Å²) in [6, 6.07) is 7.13. The average molecular weight is 369 g/mol. The Morgan fingerprint density at radius 3 is 2.88 bits per heavy atom. The molecule has 0 bridgehead atoms. The number of halogens is 2. The predicted molar refractivity (Wildman–Crippen MR) is 98.4 cm³/mol. The molecule has 0 fully saturated rings. The molecule has 130 valence electrons. The molecule has 0 aliphatic rings. The zero-order valence-electron chi connectivity index (χ0n) is 13.7. The van der Waals surface area contributed by atoms with Gasteiger partial charge in [-0.25, -0.2) is 19.3 Å². The van der Waals surface area contributed by atoms with Crippen molar-refractivity contribution in [3.63, 3.8) is 0 Å². The number of anilines is 1. The second kappa shape index (κ2) is 6.68. The van der Waals surface area contributed by atoms with Gasteiger partial charge in [0.1, 0.15) is 5.65 Å². The van der Waals surface area contributed by atoms with E-state index in [1.807, 2.05) is 25.1 Å². The number of nitrogens with zero attached hydrogens (tertiary/aromatic N) is 4. The molecule has 0 aliphatic heterocycles. The molecule has 6 nitrogen and oxygen atoms in total. The molecule has 1 unspecified atom stereocenters. The maximum Gasteiger partial charge on any atom is 0.183 e. The summed E-state index contributed by atoms with van der Waals surface area (Å²) >= 11 is 6.03. The van der Waals surface area contributed by atoms with Gasteiger partial charge in [-0.3, -0.25) is 4.98 Å². The molecular formula is C18H14ClFN6. The van der Waals surface area contributed by atoms with Crippen LogP contribution in [0, 0.1) is 5.82 Å². The van der Waals surface area contributed by atoms with Crippen molar-refractivity contribution in [2.24, 2.45) is 0 Å². The zero-order chi connectivity index (χ0) is 18.1. The van der Waals surface area contributed by atoms with E-state index >= 15 is 0 Å². The topological polar surface area (TPSA) is 79.4 Å². The number of aromatic nitrogens is 5. The van der Waals surface area contributed by atoms with Gasteiger partial charge >= 0.3 is 0 Å². The van der Waals surface area contributed by atoms with Crippen LogP contribution in [0.15, 0.2) is 49.1 Å². The first kappa shape index (κ1) is 16.4. The van der Waals surface area contributed by atoms with Crippen LogP contribution in [0.2, 0.25) is 5.02 Å². The molecule has 4 rings (SSSR count). The first-order valence-electron chi connectivity index (χ1n) is 7.95. The van der Waals surface area contributed by atoms with Crippen LogP contribution in [-0.2, 0) is 0 Å². The molecule has 4 aromatic heterocycles. The second-order valence-corrected chi connectivity index (χ2v) is 6.20. The van der Waals surface area contributed by atoms with E-state index in [-0.39, 0.29) is 11.9 Å². The smallest absolute Gasteiger partial charge is 0.183 e. The van der Waals surface area contributed by atoms with Gasteiger partial charge in [0, 0.05) is 29.5 Å². The summed E-state index contributed by atoms with van der Waals surface area (Å²) in [7, 11) is 0. The molecule has 8 heteroatoms. The Balaban J connectivity index is 1.71. The summed E-state index contributed by atoms with van der Waals surface area (Å²) in [6.07, 6.45) is 6.12. The monoisotopic (exact) mass is 368 g/mol. The third-order valence-corrected chi connectivity index (χ3v) is 4.17. The minimum atomic E-state index is -0.535. The van der Waals surface area contributed by atoms with Crippen molar-refractivity contribution in [2.75, 3.05) is 5.32 Å². The van der Waals surface area contributed by atoms with Crippen LogP contribution >= 0.6 is 11.6 Å². The molecule has 4 heterocycles. The number of aromatic amines is 1. The summed E-state index contributed by atoms with van der Waals surface area (Å²) in [5.41, 5.74) is 2.15. The van der Waals surface area contributed by atoms with Gasteiger partial charge in [-0.05, 0) is 25.1 Å². The van der Waals surface area contributed by atoms with E-state index in [9.17, 15) is 4.39 Å². The van der Waals surface area contributed by atoms with E-state index in [0.717, 1.165) is 17.3 Å². The van der Waals surface area contributed by atoms with E-state index in [2.05, 4.69) is 30.2 Å². The number of fused-ring (bicyclic) bond motifs is 1. The van der Waals surface area contributed by atoms with Gasteiger partial charge in [-0.2, -0.15) is 0 Å². The predicted octanol–water partition coefficient (Wildman–Crippen LogP) is 4.38. The van der Waals surface area contributed by atoms with Gasteiger partial charge in [0.25, 0.3) is 0 Å². The zero-order valence-corrected chi connectivity index (χ0v) is 14.5. The summed E-state index contributed by atoms with van der Waals surface area (Å²) < 4.78 is 14.2. The molecule has 0 radical (unpaired) electrons. The lowest BCUT2D eigenvalue weighted by atomic mass is 10.2. The lowest BCUT2D eigenvalue weighted by Crippen LogP contribution is -2.11. The van der Waals surface area contributed by atoms with Gasteiger partial charge in [0.05, 0.1) is 23.0 Å². The molecule has 4 aromatic rings. The highest BCUT2D eigenvalue weighted by Crippen LogP contribution is 2.28. The minimum absolute atomic E-state index is 0.109. The fourth-order valence-electron chi connectivity index (χ4n) is 2.67. The van der Waals surface area contributed by atoms with E-state index < -0.39 is 5.82 Å². The van der Waals surface area contributed by atoms with Crippen LogP contribution in [0.25, 0.3) is 22.4 Å². The van der Waals surface area contributed by atoms with Crippen molar-refractivity contribution < 1.29 is 4.39 Å². The van der Waals surface area contributed by atoms with E-state index in [0.29, 0.717) is 22.1 Å². The van der Waals surface area contributed by atoms with Gasteiger partial charge in [0.15, 0.2) is 17.5 Å². The van der Waals surface area contributed by atoms with Crippen LogP contribution in [0.5, 0.6) is 0 Å². The van der Waals surface area contributed by atoms with Gasteiger partial charge < -0.3 is 10.3 Å². The molecule has 2 N–H and O–H groups in total. The van der Waals surface area contributed by atoms with Crippen molar-refractivity contribution in [1.29, 1.82) is 0 Å². The average Bonchev–Trinajstić information content (AvgIpc) is 3.07. The van der Waals surface area contributed by atoms with Gasteiger partial charge in [0.2, 0.25) is 0 Å². The highest BCUT2D eigenvalue weighted by atomic mass is 35.5. The fourth-order valence-corrected chi connectivity index (χ4v) is 2.83. The van der Waals surface area contributed by atoms with E-state index in [1.165, 1.54) is 0 Å². The second-order valence-electron chi connectivity index (χ2n) is 5.76. The van der Waals surface area contributed by atoms with Gasteiger partial charge in [-0.1, -0.05) is 17.7 Å². The Morgan fingerprint density at radius 1 is 1.19 bits per heavy atom. The molecule has 0 aromatic carbocycles.